The lowest BCUT2D eigenvalue weighted by atomic mass is 9.89. The summed E-state index contributed by atoms with van der Waals surface area (Å²) < 4.78 is 4.83. The van der Waals surface area contributed by atoms with Crippen LogP contribution in [0.2, 0.25) is 0 Å². The van der Waals surface area contributed by atoms with Gasteiger partial charge >= 0.3 is 5.97 Å². The van der Waals surface area contributed by atoms with E-state index in [4.69, 9.17) is 4.74 Å². The molecule has 0 radical (unpaired) electrons. The first-order valence-electron chi connectivity index (χ1n) is 6.59. The minimum Gasteiger partial charge on any atom is -0.466 e. The second kappa shape index (κ2) is 8.06. The van der Waals surface area contributed by atoms with Crippen molar-refractivity contribution in [1.29, 1.82) is 0 Å². The van der Waals surface area contributed by atoms with Gasteiger partial charge in [-0.1, -0.05) is 19.8 Å². The van der Waals surface area contributed by atoms with Crippen molar-refractivity contribution in [3.8, 4) is 0 Å². The van der Waals surface area contributed by atoms with Gasteiger partial charge in [0, 0.05) is 31.6 Å². The maximum atomic E-state index is 11.1. The molecule has 0 saturated carbocycles. The van der Waals surface area contributed by atoms with Gasteiger partial charge in [-0.2, -0.15) is 0 Å². The lowest BCUT2D eigenvalue weighted by Gasteiger charge is -2.20. The third-order valence-corrected chi connectivity index (χ3v) is 2.98. The molecule has 0 amide bonds. The number of ether oxygens (including phenoxy) is 1. The summed E-state index contributed by atoms with van der Waals surface area (Å²) in [4.78, 5) is 21.7. The Morgan fingerprint density at radius 3 is 2.50 bits per heavy atom. The van der Waals surface area contributed by atoms with Crippen molar-refractivity contribution < 1.29 is 14.5 Å². The molecule has 106 valence electrons. The summed E-state index contributed by atoms with van der Waals surface area (Å²) in [5.41, 5.74) is -0.861. The van der Waals surface area contributed by atoms with E-state index in [0.29, 0.717) is 25.4 Å². The molecule has 5 nitrogen and oxygen atoms in total. The lowest BCUT2D eigenvalue weighted by Crippen LogP contribution is -2.32. The van der Waals surface area contributed by atoms with Crippen LogP contribution in [0.3, 0.4) is 0 Å². The van der Waals surface area contributed by atoms with E-state index in [2.05, 4.69) is 0 Å². The number of hydrogen-bond donors (Lipinski definition) is 0. The van der Waals surface area contributed by atoms with Crippen LogP contribution in [0.25, 0.3) is 0 Å². The van der Waals surface area contributed by atoms with Gasteiger partial charge in [-0.15, -0.1) is 0 Å². The van der Waals surface area contributed by atoms with E-state index >= 15 is 0 Å². The van der Waals surface area contributed by atoms with E-state index in [1.165, 1.54) is 0 Å². The number of carbonyl (C=O) groups excluding carboxylic acids is 1. The van der Waals surface area contributed by atoms with Gasteiger partial charge in [0.1, 0.15) is 0 Å². The van der Waals surface area contributed by atoms with Gasteiger partial charge in [-0.3, -0.25) is 14.9 Å². The van der Waals surface area contributed by atoms with Crippen molar-refractivity contribution in [3.05, 3.63) is 10.1 Å². The summed E-state index contributed by atoms with van der Waals surface area (Å²) in [5.74, 6) is 0.142. The number of esters is 1. The van der Waals surface area contributed by atoms with Gasteiger partial charge in [0.25, 0.3) is 0 Å². The summed E-state index contributed by atoms with van der Waals surface area (Å²) in [6, 6.07) is 0. The Morgan fingerprint density at radius 1 is 1.39 bits per heavy atom. The number of rotatable bonds is 9. The smallest absolute Gasteiger partial charge is 0.305 e. The fraction of sp³-hybridized carbons (Fsp3) is 0.923. The highest BCUT2D eigenvalue weighted by Crippen LogP contribution is 2.23. The Morgan fingerprint density at radius 2 is 2.00 bits per heavy atom. The topological polar surface area (TPSA) is 69.4 Å². The van der Waals surface area contributed by atoms with Crippen LogP contribution in [0.4, 0.5) is 0 Å². The van der Waals surface area contributed by atoms with E-state index in [-0.39, 0.29) is 10.9 Å². The summed E-state index contributed by atoms with van der Waals surface area (Å²) in [5, 5.41) is 10.8. The molecule has 0 aromatic rings. The highest BCUT2D eigenvalue weighted by molar-refractivity contribution is 5.69. The maximum Gasteiger partial charge on any atom is 0.305 e. The summed E-state index contributed by atoms with van der Waals surface area (Å²) in [6.07, 6.45) is 3.63. The van der Waals surface area contributed by atoms with Crippen molar-refractivity contribution in [1.82, 2.24) is 0 Å². The predicted octanol–water partition coefficient (Wildman–Crippen LogP) is 3.19. The monoisotopic (exact) mass is 259 g/mol. The van der Waals surface area contributed by atoms with E-state index < -0.39 is 5.54 Å². The van der Waals surface area contributed by atoms with Crippen molar-refractivity contribution >= 4 is 5.97 Å². The molecule has 0 fully saturated rings. The van der Waals surface area contributed by atoms with Crippen LogP contribution in [-0.4, -0.2) is 23.0 Å². The summed E-state index contributed by atoms with van der Waals surface area (Å²) >= 11 is 0. The Bertz CT molecular complexity index is 276. The molecule has 0 bridgehead atoms. The molecule has 0 heterocycles. The third-order valence-electron chi connectivity index (χ3n) is 2.98. The minimum absolute atomic E-state index is 0.157. The summed E-state index contributed by atoms with van der Waals surface area (Å²) in [6.45, 7) is 7.55. The van der Waals surface area contributed by atoms with Crippen LogP contribution >= 0.6 is 0 Å². The lowest BCUT2D eigenvalue weighted by molar-refractivity contribution is -0.563. The van der Waals surface area contributed by atoms with Crippen molar-refractivity contribution in [2.24, 2.45) is 5.92 Å². The molecule has 0 aliphatic rings. The number of carbonyl (C=O) groups is 1. The average molecular weight is 259 g/mol. The highest BCUT2D eigenvalue weighted by Gasteiger charge is 2.32. The second-order valence-electron chi connectivity index (χ2n) is 5.43. The van der Waals surface area contributed by atoms with E-state index in [1.807, 2.05) is 6.92 Å². The maximum absolute atomic E-state index is 11.1. The molecule has 1 unspecified atom stereocenters. The van der Waals surface area contributed by atoms with Gasteiger partial charge in [-0.05, 0) is 19.3 Å². The van der Waals surface area contributed by atoms with Crippen molar-refractivity contribution in [2.45, 2.75) is 65.3 Å². The number of unbranched alkanes of at least 4 members (excludes halogenated alkanes) is 1. The van der Waals surface area contributed by atoms with E-state index in [1.54, 1.807) is 20.8 Å². The Balaban J connectivity index is 3.75. The number of nitro groups is 1. The van der Waals surface area contributed by atoms with Crippen LogP contribution in [0, 0.1) is 16.0 Å². The van der Waals surface area contributed by atoms with Crippen LogP contribution in [-0.2, 0) is 9.53 Å². The predicted molar refractivity (Wildman–Crippen MR) is 70.0 cm³/mol. The first-order chi connectivity index (χ1) is 8.29. The summed E-state index contributed by atoms with van der Waals surface area (Å²) in [7, 11) is 0. The molecular weight excluding hydrogens is 234 g/mol. The van der Waals surface area contributed by atoms with Gasteiger partial charge < -0.3 is 4.74 Å². The first kappa shape index (κ1) is 16.9. The molecule has 0 aromatic carbocycles. The molecule has 0 aromatic heterocycles. The fourth-order valence-electron chi connectivity index (χ4n) is 2.02. The van der Waals surface area contributed by atoms with Crippen molar-refractivity contribution in [3.63, 3.8) is 0 Å². The van der Waals surface area contributed by atoms with Gasteiger partial charge in [0.2, 0.25) is 5.54 Å². The molecule has 5 heteroatoms. The molecule has 0 saturated heterocycles. The zero-order chi connectivity index (χ0) is 14.2. The van der Waals surface area contributed by atoms with Crippen LogP contribution in [0.1, 0.15) is 59.8 Å². The molecule has 0 rings (SSSR count). The zero-order valence-electron chi connectivity index (χ0n) is 11.9. The fourth-order valence-corrected chi connectivity index (χ4v) is 2.02. The van der Waals surface area contributed by atoms with Gasteiger partial charge in [-0.25, -0.2) is 0 Å². The quantitative estimate of drug-likeness (QED) is 0.276. The second-order valence-corrected chi connectivity index (χ2v) is 5.43. The molecule has 0 spiro atoms. The third kappa shape index (κ3) is 7.25. The minimum atomic E-state index is -0.861. The molecule has 0 aliphatic carbocycles. The Hall–Kier alpha value is -1.13. The standard InChI is InChI=1S/C13H25NO4/c1-5-18-12(15)9-7-6-8-11(2)10-13(3,4)14(16)17/h11H,5-10H2,1-4H3. The first-order valence-corrected chi connectivity index (χ1v) is 6.59. The van der Waals surface area contributed by atoms with Crippen molar-refractivity contribution in [2.75, 3.05) is 6.61 Å². The molecule has 1 atom stereocenters. The molecule has 18 heavy (non-hydrogen) atoms. The average Bonchev–Trinajstić information content (AvgIpc) is 2.24. The van der Waals surface area contributed by atoms with Crippen LogP contribution in [0.15, 0.2) is 0 Å². The number of hydrogen-bond acceptors (Lipinski definition) is 4. The SMILES string of the molecule is CCOC(=O)CCCCC(C)CC(C)(C)[N+](=O)[O-]. The number of nitrogens with zero attached hydrogens (tertiary/aromatic N) is 1. The largest absolute Gasteiger partial charge is 0.466 e. The Kier molecular flexibility index (Phi) is 7.55. The Labute approximate surface area is 109 Å². The zero-order valence-corrected chi connectivity index (χ0v) is 11.9. The van der Waals surface area contributed by atoms with E-state index in [0.717, 1.165) is 19.3 Å². The van der Waals surface area contributed by atoms with Crippen LogP contribution < -0.4 is 0 Å². The van der Waals surface area contributed by atoms with Crippen LogP contribution in [0.5, 0.6) is 0 Å². The molecular formula is C13H25NO4. The van der Waals surface area contributed by atoms with Gasteiger partial charge in [0.15, 0.2) is 0 Å². The van der Waals surface area contributed by atoms with E-state index in [9.17, 15) is 14.9 Å². The molecule has 0 aliphatic heterocycles. The highest BCUT2D eigenvalue weighted by atomic mass is 16.6. The van der Waals surface area contributed by atoms with Gasteiger partial charge in [0.05, 0.1) is 6.61 Å². The normalized spacial score (nSPS) is 13.1. The molecule has 0 N–H and O–H groups in total.